The summed E-state index contributed by atoms with van der Waals surface area (Å²) >= 11 is 0. The van der Waals surface area contributed by atoms with Crippen LogP contribution in [0.15, 0.2) is 42.7 Å². The number of hydrogen-bond donors (Lipinski definition) is 1. The monoisotopic (exact) mass is 288 g/mol. The molecule has 1 atom stereocenters. The van der Waals surface area contributed by atoms with Crippen LogP contribution in [0.5, 0.6) is 5.75 Å². The van der Waals surface area contributed by atoms with E-state index in [0.29, 0.717) is 5.56 Å². The van der Waals surface area contributed by atoms with Gasteiger partial charge in [-0.05, 0) is 44.2 Å². The molecule has 0 fully saturated rings. The molecule has 1 heterocycles. The van der Waals surface area contributed by atoms with Gasteiger partial charge in [-0.25, -0.2) is 4.39 Å². The lowest BCUT2D eigenvalue weighted by atomic mass is 9.99. The maximum absolute atomic E-state index is 14.0. The van der Waals surface area contributed by atoms with Crippen molar-refractivity contribution in [3.05, 3.63) is 59.7 Å². The fourth-order valence-electron chi connectivity index (χ4n) is 2.27. The molecule has 0 aliphatic heterocycles. The highest BCUT2D eigenvalue weighted by atomic mass is 19.1. The summed E-state index contributed by atoms with van der Waals surface area (Å²) in [4.78, 5) is 3.81. The number of pyridine rings is 1. The highest BCUT2D eigenvalue weighted by molar-refractivity contribution is 5.36. The normalized spacial score (nSPS) is 12.4. The lowest BCUT2D eigenvalue weighted by molar-refractivity contribution is 0.242. The Morgan fingerprint density at radius 3 is 2.76 bits per heavy atom. The van der Waals surface area contributed by atoms with E-state index in [4.69, 9.17) is 4.74 Å². The minimum Gasteiger partial charge on any atom is -0.491 e. The maximum atomic E-state index is 14.0. The van der Waals surface area contributed by atoms with Crippen molar-refractivity contribution in [1.82, 2.24) is 10.3 Å². The van der Waals surface area contributed by atoms with Crippen molar-refractivity contribution >= 4 is 0 Å². The topological polar surface area (TPSA) is 34.1 Å². The summed E-state index contributed by atoms with van der Waals surface area (Å²) in [6.45, 7) is 6.70. The van der Waals surface area contributed by atoms with Crippen molar-refractivity contribution in [2.45, 2.75) is 32.9 Å². The van der Waals surface area contributed by atoms with Crippen molar-refractivity contribution in [3.63, 3.8) is 0 Å². The average molecular weight is 288 g/mol. The molecule has 21 heavy (non-hydrogen) atoms. The highest BCUT2D eigenvalue weighted by Crippen LogP contribution is 2.27. The minimum absolute atomic E-state index is 0.107. The second-order valence-electron chi connectivity index (χ2n) is 5.13. The van der Waals surface area contributed by atoms with Gasteiger partial charge in [0.1, 0.15) is 11.6 Å². The Morgan fingerprint density at radius 2 is 2.10 bits per heavy atom. The number of halogens is 1. The van der Waals surface area contributed by atoms with Crippen LogP contribution in [-0.2, 0) is 0 Å². The van der Waals surface area contributed by atoms with Gasteiger partial charge in [0.2, 0.25) is 0 Å². The third kappa shape index (κ3) is 4.02. The summed E-state index contributed by atoms with van der Waals surface area (Å²) in [7, 11) is 0. The van der Waals surface area contributed by atoms with Gasteiger partial charge in [0.05, 0.1) is 18.3 Å². The van der Waals surface area contributed by atoms with Gasteiger partial charge in [0, 0.05) is 11.8 Å². The van der Waals surface area contributed by atoms with E-state index >= 15 is 0 Å². The molecular weight excluding hydrogens is 267 g/mol. The van der Waals surface area contributed by atoms with Crippen molar-refractivity contribution in [3.8, 4) is 5.75 Å². The number of aromatic nitrogens is 1. The number of hydrogen-bond acceptors (Lipinski definition) is 3. The fourth-order valence-corrected chi connectivity index (χ4v) is 2.27. The van der Waals surface area contributed by atoms with Gasteiger partial charge in [0.15, 0.2) is 0 Å². The molecule has 0 spiro atoms. The fraction of sp³-hybridized carbons (Fsp3) is 0.353. The number of nitrogens with zero attached hydrogens (tertiary/aromatic N) is 1. The van der Waals surface area contributed by atoms with Crippen LogP contribution in [0.1, 0.15) is 37.9 Å². The quantitative estimate of drug-likeness (QED) is 0.880. The van der Waals surface area contributed by atoms with Crippen LogP contribution in [0, 0.1) is 5.82 Å². The first-order valence-electron chi connectivity index (χ1n) is 7.21. The lowest BCUT2D eigenvalue weighted by Gasteiger charge is -2.20. The summed E-state index contributed by atoms with van der Waals surface area (Å²) in [5, 5.41) is 3.31. The van der Waals surface area contributed by atoms with Crippen LogP contribution < -0.4 is 10.1 Å². The second kappa shape index (κ2) is 7.18. The van der Waals surface area contributed by atoms with Gasteiger partial charge in [0.25, 0.3) is 0 Å². The molecule has 2 aromatic rings. The van der Waals surface area contributed by atoms with E-state index in [9.17, 15) is 4.39 Å². The van der Waals surface area contributed by atoms with Gasteiger partial charge in [-0.2, -0.15) is 0 Å². The zero-order valence-corrected chi connectivity index (χ0v) is 12.6. The minimum atomic E-state index is -0.307. The van der Waals surface area contributed by atoms with E-state index in [2.05, 4.69) is 10.3 Å². The number of nitrogens with one attached hydrogen (secondary N) is 1. The molecule has 4 heteroatoms. The first kappa shape index (κ1) is 15.4. The molecule has 0 saturated carbocycles. The molecule has 0 aliphatic rings. The Balaban J connectivity index is 2.36. The van der Waals surface area contributed by atoms with E-state index in [1.807, 2.05) is 45.0 Å². The van der Waals surface area contributed by atoms with Crippen LogP contribution >= 0.6 is 0 Å². The van der Waals surface area contributed by atoms with Crippen molar-refractivity contribution in [2.24, 2.45) is 0 Å². The molecule has 1 aromatic carbocycles. The van der Waals surface area contributed by atoms with Crippen LogP contribution in [0.3, 0.4) is 0 Å². The predicted octanol–water partition coefficient (Wildman–Crippen LogP) is 3.71. The van der Waals surface area contributed by atoms with E-state index < -0.39 is 0 Å². The SMILES string of the molecule is CCNC(c1cccc(OC(C)C)c1)c1ccncc1F. The molecule has 2 rings (SSSR count). The molecule has 1 aromatic heterocycles. The molecule has 0 bridgehead atoms. The Morgan fingerprint density at radius 1 is 1.29 bits per heavy atom. The lowest BCUT2D eigenvalue weighted by Crippen LogP contribution is -2.23. The largest absolute Gasteiger partial charge is 0.491 e. The summed E-state index contributed by atoms with van der Waals surface area (Å²) in [5.74, 6) is 0.485. The van der Waals surface area contributed by atoms with E-state index in [-0.39, 0.29) is 18.0 Å². The van der Waals surface area contributed by atoms with Crippen LogP contribution in [0.4, 0.5) is 4.39 Å². The molecule has 1 N–H and O–H groups in total. The second-order valence-corrected chi connectivity index (χ2v) is 5.13. The molecule has 0 amide bonds. The Hall–Kier alpha value is -1.94. The summed E-state index contributed by atoms with van der Waals surface area (Å²) in [6, 6.07) is 9.26. The molecule has 3 nitrogen and oxygen atoms in total. The van der Waals surface area contributed by atoms with E-state index in [1.54, 1.807) is 12.3 Å². The van der Waals surface area contributed by atoms with Crippen molar-refractivity contribution < 1.29 is 9.13 Å². The number of rotatable bonds is 6. The maximum Gasteiger partial charge on any atom is 0.146 e. The molecular formula is C17H21FN2O. The predicted molar refractivity (Wildman–Crippen MR) is 81.9 cm³/mol. The number of benzene rings is 1. The number of ether oxygens (including phenoxy) is 1. The Bertz CT molecular complexity index is 587. The van der Waals surface area contributed by atoms with Crippen LogP contribution in [0.2, 0.25) is 0 Å². The third-order valence-corrected chi connectivity index (χ3v) is 3.09. The molecule has 1 unspecified atom stereocenters. The van der Waals surface area contributed by atoms with Gasteiger partial charge in [-0.15, -0.1) is 0 Å². The first-order chi connectivity index (χ1) is 10.1. The Kier molecular flexibility index (Phi) is 5.28. The average Bonchev–Trinajstić information content (AvgIpc) is 2.45. The van der Waals surface area contributed by atoms with Crippen molar-refractivity contribution in [1.29, 1.82) is 0 Å². The first-order valence-corrected chi connectivity index (χ1v) is 7.21. The molecule has 0 aliphatic carbocycles. The highest BCUT2D eigenvalue weighted by Gasteiger charge is 2.17. The van der Waals surface area contributed by atoms with Crippen LogP contribution in [-0.4, -0.2) is 17.6 Å². The zero-order valence-electron chi connectivity index (χ0n) is 12.6. The van der Waals surface area contributed by atoms with Crippen LogP contribution in [0.25, 0.3) is 0 Å². The third-order valence-electron chi connectivity index (χ3n) is 3.09. The van der Waals surface area contributed by atoms with Gasteiger partial charge < -0.3 is 10.1 Å². The summed E-state index contributed by atoms with van der Waals surface area (Å²) in [6.07, 6.45) is 2.96. The van der Waals surface area contributed by atoms with Gasteiger partial charge in [-0.1, -0.05) is 19.1 Å². The molecule has 112 valence electrons. The van der Waals surface area contributed by atoms with E-state index in [1.165, 1.54) is 6.20 Å². The summed E-state index contributed by atoms with van der Waals surface area (Å²) < 4.78 is 19.7. The van der Waals surface area contributed by atoms with Gasteiger partial charge >= 0.3 is 0 Å². The summed E-state index contributed by atoms with van der Waals surface area (Å²) in [5.41, 5.74) is 1.56. The smallest absolute Gasteiger partial charge is 0.146 e. The Labute approximate surface area is 125 Å². The van der Waals surface area contributed by atoms with Gasteiger partial charge in [-0.3, -0.25) is 4.98 Å². The zero-order chi connectivity index (χ0) is 15.2. The standard InChI is InChI=1S/C17H21FN2O/c1-4-20-17(15-8-9-19-11-16(15)18)13-6-5-7-14(10-13)21-12(2)3/h5-12,17,20H,4H2,1-3H3. The molecule has 0 saturated heterocycles. The van der Waals surface area contributed by atoms with E-state index in [0.717, 1.165) is 17.9 Å². The van der Waals surface area contributed by atoms with Crippen molar-refractivity contribution in [2.75, 3.05) is 6.54 Å². The molecule has 0 radical (unpaired) electrons.